The molecule has 5 heteroatoms. The molecule has 0 atom stereocenters. The molecule has 0 saturated carbocycles. The minimum Gasteiger partial charge on any atom is -0.394 e. The molecule has 2 rings (SSSR count). The van der Waals surface area contributed by atoms with Crippen LogP contribution < -0.4 is 5.32 Å². The molecular weight excluding hydrogens is 242 g/mol. The molecule has 0 bridgehead atoms. The Hall–Kier alpha value is -1.72. The van der Waals surface area contributed by atoms with Crippen molar-refractivity contribution in [2.75, 3.05) is 31.7 Å². The summed E-state index contributed by atoms with van der Waals surface area (Å²) in [5.74, 6) is 0.827. The topological polar surface area (TPSA) is 67.3 Å². The van der Waals surface area contributed by atoms with E-state index in [9.17, 15) is 0 Å². The Morgan fingerprint density at radius 3 is 2.95 bits per heavy atom. The molecule has 5 nitrogen and oxygen atoms in total. The van der Waals surface area contributed by atoms with E-state index in [1.165, 1.54) is 5.56 Å². The fraction of sp³-hybridized carbons (Fsp3) is 0.429. The normalized spacial score (nSPS) is 10.8. The number of hydrogen-bond donors (Lipinski definition) is 2. The van der Waals surface area contributed by atoms with Crippen molar-refractivity contribution in [2.45, 2.75) is 13.3 Å². The molecule has 1 aromatic heterocycles. The van der Waals surface area contributed by atoms with E-state index < -0.39 is 0 Å². The van der Waals surface area contributed by atoms with Gasteiger partial charge in [-0.1, -0.05) is 13.0 Å². The van der Waals surface area contributed by atoms with E-state index in [0.29, 0.717) is 19.8 Å². The number of aryl methyl sites for hydroxylation is 1. The quantitative estimate of drug-likeness (QED) is 0.741. The van der Waals surface area contributed by atoms with Crippen LogP contribution >= 0.6 is 0 Å². The molecule has 2 aromatic rings. The van der Waals surface area contributed by atoms with Crippen molar-refractivity contribution in [3.05, 3.63) is 30.1 Å². The summed E-state index contributed by atoms with van der Waals surface area (Å²) in [4.78, 5) is 8.53. The molecule has 1 heterocycles. The van der Waals surface area contributed by atoms with E-state index in [1.807, 2.05) is 6.07 Å². The average molecular weight is 261 g/mol. The van der Waals surface area contributed by atoms with Crippen molar-refractivity contribution in [2.24, 2.45) is 0 Å². The van der Waals surface area contributed by atoms with Crippen molar-refractivity contribution >= 4 is 16.7 Å². The van der Waals surface area contributed by atoms with Gasteiger partial charge in [0.1, 0.15) is 12.1 Å². The van der Waals surface area contributed by atoms with Crippen molar-refractivity contribution in [3.8, 4) is 0 Å². The van der Waals surface area contributed by atoms with Gasteiger partial charge in [-0.05, 0) is 24.1 Å². The van der Waals surface area contributed by atoms with Gasteiger partial charge in [-0.15, -0.1) is 0 Å². The Balaban J connectivity index is 2.08. The van der Waals surface area contributed by atoms with Crippen LogP contribution in [0.5, 0.6) is 0 Å². The number of aromatic nitrogens is 2. The summed E-state index contributed by atoms with van der Waals surface area (Å²) >= 11 is 0. The SMILES string of the molecule is CCc1ccc2ncnc(NCCOCCO)c2c1. The molecule has 0 saturated heterocycles. The Morgan fingerprint density at radius 1 is 1.26 bits per heavy atom. The number of anilines is 1. The molecule has 0 unspecified atom stereocenters. The van der Waals surface area contributed by atoms with E-state index in [0.717, 1.165) is 23.1 Å². The highest BCUT2D eigenvalue weighted by Gasteiger charge is 2.03. The van der Waals surface area contributed by atoms with Crippen LogP contribution in [0.3, 0.4) is 0 Å². The number of nitrogens with one attached hydrogen (secondary N) is 1. The van der Waals surface area contributed by atoms with Crippen LogP contribution in [0.15, 0.2) is 24.5 Å². The fourth-order valence-corrected chi connectivity index (χ4v) is 1.87. The van der Waals surface area contributed by atoms with Crippen LogP contribution in [0.2, 0.25) is 0 Å². The third kappa shape index (κ3) is 3.62. The van der Waals surface area contributed by atoms with Crippen LogP contribution in [-0.2, 0) is 11.2 Å². The highest BCUT2D eigenvalue weighted by atomic mass is 16.5. The van der Waals surface area contributed by atoms with Crippen LogP contribution in [0.4, 0.5) is 5.82 Å². The molecule has 0 aliphatic carbocycles. The Bertz CT molecular complexity index is 531. The number of fused-ring (bicyclic) bond motifs is 1. The maximum atomic E-state index is 8.62. The van der Waals surface area contributed by atoms with Gasteiger partial charge in [0, 0.05) is 11.9 Å². The minimum absolute atomic E-state index is 0.0519. The molecule has 0 aliphatic rings. The maximum absolute atomic E-state index is 8.62. The van der Waals surface area contributed by atoms with Gasteiger partial charge in [0.15, 0.2) is 0 Å². The van der Waals surface area contributed by atoms with Crippen molar-refractivity contribution in [1.82, 2.24) is 9.97 Å². The number of rotatable bonds is 7. The van der Waals surface area contributed by atoms with Gasteiger partial charge in [0.25, 0.3) is 0 Å². The fourth-order valence-electron chi connectivity index (χ4n) is 1.87. The third-order valence-corrected chi connectivity index (χ3v) is 2.88. The second-order valence-electron chi connectivity index (χ2n) is 4.19. The van der Waals surface area contributed by atoms with E-state index >= 15 is 0 Å². The van der Waals surface area contributed by atoms with E-state index in [-0.39, 0.29) is 6.61 Å². The van der Waals surface area contributed by atoms with E-state index in [4.69, 9.17) is 9.84 Å². The molecule has 102 valence electrons. The highest BCUT2D eigenvalue weighted by molar-refractivity contribution is 5.89. The van der Waals surface area contributed by atoms with E-state index in [1.54, 1.807) is 6.33 Å². The number of aliphatic hydroxyl groups is 1. The van der Waals surface area contributed by atoms with Crippen LogP contribution in [0.1, 0.15) is 12.5 Å². The number of hydrogen-bond acceptors (Lipinski definition) is 5. The molecule has 0 aliphatic heterocycles. The molecule has 0 radical (unpaired) electrons. The van der Waals surface area contributed by atoms with Crippen molar-refractivity contribution in [3.63, 3.8) is 0 Å². The summed E-state index contributed by atoms with van der Waals surface area (Å²) < 4.78 is 5.21. The number of aliphatic hydroxyl groups excluding tert-OH is 1. The first-order valence-electron chi connectivity index (χ1n) is 6.51. The zero-order valence-corrected chi connectivity index (χ0v) is 11.1. The summed E-state index contributed by atoms with van der Waals surface area (Å²) in [5, 5.41) is 12.9. The van der Waals surface area contributed by atoms with Gasteiger partial charge in [-0.2, -0.15) is 0 Å². The van der Waals surface area contributed by atoms with Gasteiger partial charge in [0.2, 0.25) is 0 Å². The Kier molecular flexibility index (Phi) is 5.06. The molecule has 2 N–H and O–H groups in total. The zero-order valence-electron chi connectivity index (χ0n) is 11.1. The van der Waals surface area contributed by atoms with Gasteiger partial charge >= 0.3 is 0 Å². The number of benzene rings is 1. The van der Waals surface area contributed by atoms with Crippen LogP contribution in [-0.4, -0.2) is 41.4 Å². The standard InChI is InChI=1S/C14H19N3O2/c1-2-11-3-4-13-12(9-11)14(17-10-16-13)15-5-7-19-8-6-18/h3-4,9-10,18H,2,5-8H2,1H3,(H,15,16,17). The smallest absolute Gasteiger partial charge is 0.137 e. The molecule has 1 aromatic carbocycles. The minimum atomic E-state index is 0.0519. The lowest BCUT2D eigenvalue weighted by molar-refractivity contribution is 0.0992. The summed E-state index contributed by atoms with van der Waals surface area (Å²) in [6, 6.07) is 6.22. The van der Waals surface area contributed by atoms with Gasteiger partial charge in [-0.25, -0.2) is 9.97 Å². The summed E-state index contributed by atoms with van der Waals surface area (Å²) in [7, 11) is 0. The maximum Gasteiger partial charge on any atom is 0.137 e. The predicted octanol–water partition coefficient (Wildman–Crippen LogP) is 1.61. The second kappa shape index (κ2) is 7.01. The summed E-state index contributed by atoms with van der Waals surface area (Å²) in [5.41, 5.74) is 2.20. The monoisotopic (exact) mass is 261 g/mol. The average Bonchev–Trinajstić information content (AvgIpc) is 2.46. The van der Waals surface area contributed by atoms with E-state index in [2.05, 4.69) is 34.3 Å². The summed E-state index contributed by atoms with van der Waals surface area (Å²) in [6.45, 7) is 3.74. The first-order valence-corrected chi connectivity index (χ1v) is 6.51. The second-order valence-corrected chi connectivity index (χ2v) is 4.19. The van der Waals surface area contributed by atoms with Crippen LogP contribution in [0.25, 0.3) is 10.9 Å². The first kappa shape index (κ1) is 13.7. The molecule has 0 amide bonds. The van der Waals surface area contributed by atoms with Gasteiger partial charge in [0.05, 0.1) is 25.3 Å². The Morgan fingerprint density at radius 2 is 2.16 bits per heavy atom. The van der Waals surface area contributed by atoms with Gasteiger partial charge in [-0.3, -0.25) is 0 Å². The summed E-state index contributed by atoms with van der Waals surface area (Å²) in [6.07, 6.45) is 2.55. The number of nitrogens with zero attached hydrogens (tertiary/aromatic N) is 2. The predicted molar refractivity (Wildman–Crippen MR) is 75.3 cm³/mol. The Labute approximate surface area is 112 Å². The third-order valence-electron chi connectivity index (χ3n) is 2.88. The molecule has 0 spiro atoms. The van der Waals surface area contributed by atoms with Crippen molar-refractivity contribution in [1.29, 1.82) is 0 Å². The number of ether oxygens (including phenoxy) is 1. The van der Waals surface area contributed by atoms with Crippen molar-refractivity contribution < 1.29 is 9.84 Å². The highest BCUT2D eigenvalue weighted by Crippen LogP contribution is 2.20. The lowest BCUT2D eigenvalue weighted by atomic mass is 10.1. The first-order chi connectivity index (χ1) is 9.35. The van der Waals surface area contributed by atoms with Gasteiger partial charge < -0.3 is 15.2 Å². The largest absolute Gasteiger partial charge is 0.394 e. The lowest BCUT2D eigenvalue weighted by Gasteiger charge is -2.09. The zero-order chi connectivity index (χ0) is 13.5. The molecule has 0 fully saturated rings. The van der Waals surface area contributed by atoms with Crippen LogP contribution in [0, 0.1) is 0 Å². The molecular formula is C14H19N3O2. The molecule has 19 heavy (non-hydrogen) atoms. The lowest BCUT2D eigenvalue weighted by Crippen LogP contribution is -2.12.